The van der Waals surface area contributed by atoms with Gasteiger partial charge in [0.05, 0.1) is 11.2 Å². The molecule has 5 nitrogen and oxygen atoms in total. The third kappa shape index (κ3) is 3.40. The van der Waals surface area contributed by atoms with E-state index in [0.29, 0.717) is 12.2 Å². The Morgan fingerprint density at radius 2 is 2.14 bits per heavy atom. The maximum Gasteiger partial charge on any atom is 0.271 e. The molecule has 2 heterocycles. The molecular formula is C16H16N4OS. The van der Waals surface area contributed by atoms with Crippen molar-refractivity contribution in [3.05, 3.63) is 69.4 Å². The Labute approximate surface area is 132 Å². The maximum absolute atomic E-state index is 12.1. The average molecular weight is 312 g/mol. The molecule has 0 saturated heterocycles. The number of thiazole rings is 1. The molecule has 0 saturated carbocycles. The molecule has 0 spiro atoms. The zero-order valence-electron chi connectivity index (χ0n) is 12.2. The standard InChI is InChI=1S/C16H16N4OS/c1-11-13(9-18-20-11)8-17-16(21)14-10-22-15(19-14)7-12-5-3-2-4-6-12/h2-6,9-10H,7-8H2,1H3,(H,17,21)(H,18,20). The van der Waals surface area contributed by atoms with E-state index in [1.54, 1.807) is 11.6 Å². The van der Waals surface area contributed by atoms with Crippen LogP contribution in [0.3, 0.4) is 0 Å². The van der Waals surface area contributed by atoms with Gasteiger partial charge >= 0.3 is 0 Å². The van der Waals surface area contributed by atoms with Crippen molar-refractivity contribution in [1.29, 1.82) is 0 Å². The van der Waals surface area contributed by atoms with E-state index < -0.39 is 0 Å². The van der Waals surface area contributed by atoms with Crippen LogP contribution in [0.25, 0.3) is 0 Å². The number of H-pyrrole nitrogens is 1. The van der Waals surface area contributed by atoms with Gasteiger partial charge in [0.2, 0.25) is 0 Å². The second kappa shape index (κ2) is 6.53. The maximum atomic E-state index is 12.1. The van der Waals surface area contributed by atoms with Gasteiger partial charge in [0.15, 0.2) is 0 Å². The first-order valence-corrected chi connectivity index (χ1v) is 7.85. The van der Waals surface area contributed by atoms with Gasteiger partial charge in [-0.2, -0.15) is 5.10 Å². The molecule has 112 valence electrons. The van der Waals surface area contributed by atoms with Crippen LogP contribution in [0.15, 0.2) is 41.9 Å². The molecule has 0 fully saturated rings. The molecule has 2 N–H and O–H groups in total. The van der Waals surface area contributed by atoms with Gasteiger partial charge in [-0.05, 0) is 12.5 Å². The van der Waals surface area contributed by atoms with Crippen LogP contribution >= 0.6 is 11.3 Å². The number of rotatable bonds is 5. The number of benzene rings is 1. The lowest BCUT2D eigenvalue weighted by molar-refractivity contribution is 0.0946. The first-order chi connectivity index (χ1) is 10.7. The number of carbonyl (C=O) groups excluding carboxylic acids is 1. The molecular weight excluding hydrogens is 296 g/mol. The van der Waals surface area contributed by atoms with Crippen LogP contribution in [0.1, 0.15) is 32.3 Å². The minimum absolute atomic E-state index is 0.156. The third-order valence-electron chi connectivity index (χ3n) is 3.36. The highest BCUT2D eigenvalue weighted by Gasteiger charge is 2.11. The van der Waals surface area contributed by atoms with Crippen molar-refractivity contribution in [3.8, 4) is 0 Å². The lowest BCUT2D eigenvalue weighted by atomic mass is 10.2. The largest absolute Gasteiger partial charge is 0.346 e. The van der Waals surface area contributed by atoms with E-state index in [9.17, 15) is 4.79 Å². The van der Waals surface area contributed by atoms with Crippen LogP contribution in [-0.4, -0.2) is 21.1 Å². The van der Waals surface area contributed by atoms with Crippen molar-refractivity contribution in [2.45, 2.75) is 19.9 Å². The highest BCUT2D eigenvalue weighted by atomic mass is 32.1. The first kappa shape index (κ1) is 14.5. The number of nitrogens with one attached hydrogen (secondary N) is 2. The Hall–Kier alpha value is -2.47. The molecule has 0 bridgehead atoms. The summed E-state index contributed by atoms with van der Waals surface area (Å²) in [5, 5.41) is 12.4. The molecule has 0 radical (unpaired) electrons. The summed E-state index contributed by atoms with van der Waals surface area (Å²) in [6.07, 6.45) is 2.47. The lowest BCUT2D eigenvalue weighted by Crippen LogP contribution is -2.23. The van der Waals surface area contributed by atoms with Crippen molar-refractivity contribution >= 4 is 17.2 Å². The number of aryl methyl sites for hydroxylation is 1. The van der Waals surface area contributed by atoms with Crippen molar-refractivity contribution in [2.75, 3.05) is 0 Å². The second-order valence-electron chi connectivity index (χ2n) is 4.99. The number of aromatic nitrogens is 3. The van der Waals surface area contributed by atoms with Crippen LogP contribution in [0, 0.1) is 6.92 Å². The smallest absolute Gasteiger partial charge is 0.271 e. The predicted molar refractivity (Wildman–Crippen MR) is 85.9 cm³/mol. The summed E-state index contributed by atoms with van der Waals surface area (Å²) < 4.78 is 0. The van der Waals surface area contributed by atoms with E-state index in [4.69, 9.17) is 0 Å². The Morgan fingerprint density at radius 3 is 2.86 bits per heavy atom. The SMILES string of the molecule is Cc1[nH]ncc1CNC(=O)c1csc(Cc2ccccc2)n1. The molecule has 2 aromatic heterocycles. The minimum atomic E-state index is -0.156. The molecule has 1 aromatic carbocycles. The molecule has 0 aliphatic rings. The summed E-state index contributed by atoms with van der Waals surface area (Å²) in [5.41, 5.74) is 3.60. The van der Waals surface area contributed by atoms with Gasteiger partial charge in [-0.25, -0.2) is 4.98 Å². The summed E-state index contributed by atoms with van der Waals surface area (Å²) in [4.78, 5) is 16.5. The highest BCUT2D eigenvalue weighted by molar-refractivity contribution is 7.09. The van der Waals surface area contributed by atoms with Crippen molar-refractivity contribution < 1.29 is 4.79 Å². The summed E-state index contributed by atoms with van der Waals surface area (Å²) in [7, 11) is 0. The number of aromatic amines is 1. The lowest BCUT2D eigenvalue weighted by Gasteiger charge is -2.01. The van der Waals surface area contributed by atoms with Crippen molar-refractivity contribution in [3.63, 3.8) is 0 Å². The number of hydrogen-bond donors (Lipinski definition) is 2. The molecule has 3 aromatic rings. The minimum Gasteiger partial charge on any atom is -0.346 e. The van der Waals surface area contributed by atoms with Gasteiger partial charge in [-0.3, -0.25) is 9.89 Å². The zero-order valence-corrected chi connectivity index (χ0v) is 13.0. The Morgan fingerprint density at radius 1 is 1.32 bits per heavy atom. The van der Waals surface area contributed by atoms with Gasteiger partial charge in [0.1, 0.15) is 5.69 Å². The summed E-state index contributed by atoms with van der Waals surface area (Å²) >= 11 is 1.51. The first-order valence-electron chi connectivity index (χ1n) is 6.98. The number of hydrogen-bond acceptors (Lipinski definition) is 4. The molecule has 0 unspecified atom stereocenters. The van der Waals surface area contributed by atoms with E-state index in [0.717, 1.165) is 22.7 Å². The molecule has 0 aliphatic heterocycles. The number of amides is 1. The van der Waals surface area contributed by atoms with Gasteiger partial charge in [0.25, 0.3) is 5.91 Å². The summed E-state index contributed by atoms with van der Waals surface area (Å²) in [6.45, 7) is 2.38. The topological polar surface area (TPSA) is 70.7 Å². The van der Waals surface area contributed by atoms with E-state index in [1.807, 2.05) is 25.1 Å². The molecule has 1 amide bonds. The molecule has 0 atom stereocenters. The van der Waals surface area contributed by atoms with E-state index in [1.165, 1.54) is 16.9 Å². The van der Waals surface area contributed by atoms with Crippen LogP contribution in [0.4, 0.5) is 0 Å². The second-order valence-corrected chi connectivity index (χ2v) is 5.93. The molecule has 0 aliphatic carbocycles. The zero-order chi connectivity index (χ0) is 15.4. The Bertz CT molecular complexity index is 763. The summed E-state index contributed by atoms with van der Waals surface area (Å²) in [5.74, 6) is -0.156. The van der Waals surface area contributed by atoms with E-state index >= 15 is 0 Å². The monoisotopic (exact) mass is 312 g/mol. The molecule has 3 rings (SSSR count). The number of nitrogens with zero attached hydrogens (tertiary/aromatic N) is 2. The van der Waals surface area contributed by atoms with Crippen LogP contribution in [0.5, 0.6) is 0 Å². The van der Waals surface area contributed by atoms with Crippen molar-refractivity contribution in [2.24, 2.45) is 0 Å². The molecule has 22 heavy (non-hydrogen) atoms. The van der Waals surface area contributed by atoms with Crippen molar-refractivity contribution in [1.82, 2.24) is 20.5 Å². The fourth-order valence-electron chi connectivity index (χ4n) is 2.09. The fourth-order valence-corrected chi connectivity index (χ4v) is 2.90. The summed E-state index contributed by atoms with van der Waals surface area (Å²) in [6, 6.07) is 10.1. The van der Waals surface area contributed by atoms with Gasteiger partial charge in [0, 0.05) is 29.6 Å². The molecule has 6 heteroatoms. The third-order valence-corrected chi connectivity index (χ3v) is 4.21. The van der Waals surface area contributed by atoms with Gasteiger partial charge in [-0.15, -0.1) is 11.3 Å². The van der Waals surface area contributed by atoms with Crippen LogP contribution in [0.2, 0.25) is 0 Å². The average Bonchev–Trinajstić information content (AvgIpc) is 3.15. The number of carbonyl (C=O) groups is 1. The van der Waals surface area contributed by atoms with Gasteiger partial charge in [-0.1, -0.05) is 30.3 Å². The van der Waals surface area contributed by atoms with Crippen LogP contribution in [-0.2, 0) is 13.0 Å². The Balaban J connectivity index is 1.61. The van der Waals surface area contributed by atoms with E-state index in [-0.39, 0.29) is 5.91 Å². The Kier molecular flexibility index (Phi) is 4.29. The van der Waals surface area contributed by atoms with E-state index in [2.05, 4.69) is 32.6 Å². The fraction of sp³-hybridized carbons (Fsp3) is 0.188. The predicted octanol–water partition coefficient (Wildman–Crippen LogP) is 2.70. The van der Waals surface area contributed by atoms with Gasteiger partial charge < -0.3 is 5.32 Å². The normalized spacial score (nSPS) is 10.6. The highest BCUT2D eigenvalue weighted by Crippen LogP contribution is 2.15. The van der Waals surface area contributed by atoms with Crippen LogP contribution < -0.4 is 5.32 Å². The quantitative estimate of drug-likeness (QED) is 0.761.